The monoisotopic (exact) mass is 400 g/mol. The third-order valence-corrected chi connectivity index (χ3v) is 5.83. The molecule has 5 aromatic rings. The van der Waals surface area contributed by atoms with E-state index in [0.717, 1.165) is 32.5 Å². The van der Waals surface area contributed by atoms with Gasteiger partial charge in [-0.3, -0.25) is 0 Å². The minimum absolute atomic E-state index is 0.597. The molecule has 0 unspecified atom stereocenters. The molecule has 0 atom stereocenters. The molecule has 0 aliphatic heterocycles. The first-order valence-corrected chi connectivity index (χ1v) is 10.2. The number of nitrogens with one attached hydrogen (secondary N) is 2. The number of anilines is 1. The molecule has 0 aliphatic carbocycles. The number of hydrogen-bond acceptors (Lipinski definition) is 4. The lowest BCUT2D eigenvalue weighted by atomic mass is 10.2. The van der Waals surface area contributed by atoms with Crippen molar-refractivity contribution >= 4 is 65.8 Å². The lowest BCUT2D eigenvalue weighted by Crippen LogP contribution is -2.27. The van der Waals surface area contributed by atoms with Crippen LogP contribution in [-0.4, -0.2) is 15.1 Å². The number of rotatable bonds is 3. The molecule has 28 heavy (non-hydrogen) atoms. The number of hydrogen-bond donors (Lipinski definition) is 2. The molecule has 0 amide bonds. The Morgan fingerprint density at radius 3 is 2.46 bits per heavy atom. The van der Waals surface area contributed by atoms with Crippen LogP contribution in [0.1, 0.15) is 5.56 Å². The van der Waals surface area contributed by atoms with Gasteiger partial charge in [-0.25, -0.2) is 9.97 Å². The van der Waals surface area contributed by atoms with Crippen LogP contribution in [0, 0.1) is 0 Å². The number of aromatic nitrogens is 2. The molecule has 0 aliphatic rings. The van der Waals surface area contributed by atoms with Gasteiger partial charge in [-0.15, -0.1) is 11.3 Å². The van der Waals surface area contributed by atoms with Crippen LogP contribution in [0.4, 0.5) is 5.69 Å². The third kappa shape index (κ3) is 3.28. The summed E-state index contributed by atoms with van der Waals surface area (Å²) in [4.78, 5) is 10.6. The molecule has 5 rings (SSSR count). The molecule has 6 heteroatoms. The number of thiocarbonyl (C=S) groups is 1. The van der Waals surface area contributed by atoms with Crippen molar-refractivity contribution in [3.05, 3.63) is 78.4 Å². The molecule has 136 valence electrons. The van der Waals surface area contributed by atoms with Crippen molar-refractivity contribution < 1.29 is 0 Å². The second kappa shape index (κ2) is 7.14. The van der Waals surface area contributed by atoms with Crippen LogP contribution in [0.5, 0.6) is 0 Å². The van der Waals surface area contributed by atoms with Gasteiger partial charge in [0.05, 0.1) is 11.0 Å². The van der Waals surface area contributed by atoms with Gasteiger partial charge >= 0.3 is 0 Å². The van der Waals surface area contributed by atoms with E-state index in [1.807, 2.05) is 48.5 Å². The van der Waals surface area contributed by atoms with Crippen LogP contribution >= 0.6 is 23.6 Å². The van der Waals surface area contributed by atoms with Crippen LogP contribution in [0.15, 0.2) is 72.8 Å². The van der Waals surface area contributed by atoms with E-state index in [1.165, 1.54) is 10.3 Å². The molecule has 2 aromatic heterocycles. The minimum Gasteiger partial charge on any atom is -0.358 e. The summed E-state index contributed by atoms with van der Waals surface area (Å²) >= 11 is 7.11. The van der Waals surface area contributed by atoms with Crippen LogP contribution < -0.4 is 10.6 Å². The normalized spacial score (nSPS) is 11.1. The Labute approximate surface area is 171 Å². The highest BCUT2D eigenvalue weighted by Gasteiger charge is 2.10. The highest BCUT2D eigenvalue weighted by Crippen LogP contribution is 2.34. The Bertz CT molecular complexity index is 1310. The Balaban J connectivity index is 1.43. The molecule has 0 spiro atoms. The van der Waals surface area contributed by atoms with E-state index >= 15 is 0 Å². The zero-order chi connectivity index (χ0) is 18.9. The third-order valence-electron chi connectivity index (χ3n) is 4.53. The molecular formula is C22H16N4S2. The Hall–Kier alpha value is -3.09. The Morgan fingerprint density at radius 1 is 0.893 bits per heavy atom. The van der Waals surface area contributed by atoms with Crippen molar-refractivity contribution in [1.82, 2.24) is 15.3 Å². The zero-order valence-electron chi connectivity index (χ0n) is 14.8. The van der Waals surface area contributed by atoms with Gasteiger partial charge in [0.25, 0.3) is 0 Å². The summed E-state index contributed by atoms with van der Waals surface area (Å²) in [6.45, 7) is 0.688. The molecule has 3 aromatic carbocycles. The standard InChI is InChI=1S/C22H16N4S2/c27-22(23-13-14-6-2-1-3-7-14)24-15-10-11-19-16(12-15)20-21(28-19)26-18-9-5-4-8-17(18)25-20/h1-12H,13H2,(H2,23,24,27). The van der Waals surface area contributed by atoms with Gasteiger partial charge in [-0.1, -0.05) is 42.5 Å². The molecule has 2 heterocycles. The van der Waals surface area contributed by atoms with Crippen molar-refractivity contribution in [3.8, 4) is 0 Å². The van der Waals surface area contributed by atoms with Gasteiger partial charge in [-0.2, -0.15) is 0 Å². The van der Waals surface area contributed by atoms with Crippen molar-refractivity contribution in [3.63, 3.8) is 0 Å². The van der Waals surface area contributed by atoms with Crippen LogP contribution in [0.25, 0.3) is 31.5 Å². The number of para-hydroxylation sites is 2. The first-order chi connectivity index (χ1) is 13.8. The molecule has 4 nitrogen and oxygen atoms in total. The highest BCUT2D eigenvalue weighted by atomic mass is 32.1. The maximum Gasteiger partial charge on any atom is 0.171 e. The predicted molar refractivity (Wildman–Crippen MR) is 122 cm³/mol. The predicted octanol–water partition coefficient (Wildman–Crippen LogP) is 5.48. The van der Waals surface area contributed by atoms with Crippen LogP contribution in [0.3, 0.4) is 0 Å². The summed E-state index contributed by atoms with van der Waals surface area (Å²) < 4.78 is 1.17. The van der Waals surface area contributed by atoms with Gasteiger partial charge in [-0.05, 0) is 48.1 Å². The van der Waals surface area contributed by atoms with Crippen molar-refractivity contribution in [2.45, 2.75) is 6.54 Å². The molecule has 2 N–H and O–H groups in total. The number of nitrogens with zero attached hydrogens (tertiary/aromatic N) is 2. The second-order valence-electron chi connectivity index (χ2n) is 6.47. The molecular weight excluding hydrogens is 384 g/mol. The fourth-order valence-electron chi connectivity index (χ4n) is 3.17. The average Bonchev–Trinajstić information content (AvgIpc) is 3.08. The second-order valence-corrected chi connectivity index (χ2v) is 7.91. The fourth-order valence-corrected chi connectivity index (χ4v) is 4.37. The lowest BCUT2D eigenvalue weighted by molar-refractivity contribution is 0.926. The SMILES string of the molecule is S=C(NCc1ccccc1)Nc1ccc2sc3nc4ccccc4nc3c2c1. The molecule has 0 saturated heterocycles. The van der Waals surface area contributed by atoms with E-state index in [-0.39, 0.29) is 0 Å². The molecule has 0 radical (unpaired) electrons. The summed E-state index contributed by atoms with van der Waals surface area (Å²) in [5, 5.41) is 8.21. The quantitative estimate of drug-likeness (QED) is 0.393. The molecule has 0 saturated carbocycles. The topological polar surface area (TPSA) is 49.8 Å². The van der Waals surface area contributed by atoms with Gasteiger partial charge in [0.2, 0.25) is 0 Å². The summed E-state index contributed by atoms with van der Waals surface area (Å²) in [6, 6.07) is 24.4. The van der Waals surface area contributed by atoms with Crippen molar-refractivity contribution in [2.24, 2.45) is 0 Å². The Morgan fingerprint density at radius 2 is 1.64 bits per heavy atom. The molecule has 0 bridgehead atoms. The zero-order valence-corrected chi connectivity index (χ0v) is 16.5. The van der Waals surface area contributed by atoms with E-state index in [9.17, 15) is 0 Å². The average molecular weight is 401 g/mol. The largest absolute Gasteiger partial charge is 0.358 e. The van der Waals surface area contributed by atoms with Gasteiger partial charge in [0, 0.05) is 22.3 Å². The van der Waals surface area contributed by atoms with E-state index in [4.69, 9.17) is 22.2 Å². The maximum absolute atomic E-state index is 5.45. The number of thiophene rings is 1. The number of fused-ring (bicyclic) bond motifs is 4. The summed E-state index contributed by atoms with van der Waals surface area (Å²) in [5.41, 5.74) is 4.89. The fraction of sp³-hybridized carbons (Fsp3) is 0.0455. The van der Waals surface area contributed by atoms with Crippen LogP contribution in [-0.2, 0) is 6.54 Å². The molecule has 0 fully saturated rings. The lowest BCUT2D eigenvalue weighted by Gasteiger charge is -2.10. The maximum atomic E-state index is 5.45. The van der Waals surface area contributed by atoms with E-state index in [0.29, 0.717) is 11.7 Å². The summed E-state index contributed by atoms with van der Waals surface area (Å²) in [7, 11) is 0. The number of benzene rings is 3. The summed E-state index contributed by atoms with van der Waals surface area (Å²) in [5.74, 6) is 0. The summed E-state index contributed by atoms with van der Waals surface area (Å²) in [6.07, 6.45) is 0. The highest BCUT2D eigenvalue weighted by molar-refractivity contribution is 7.80. The first kappa shape index (κ1) is 17.0. The van der Waals surface area contributed by atoms with E-state index < -0.39 is 0 Å². The first-order valence-electron chi connectivity index (χ1n) is 8.94. The van der Waals surface area contributed by atoms with Gasteiger partial charge in [0.15, 0.2) is 5.11 Å². The van der Waals surface area contributed by atoms with E-state index in [1.54, 1.807) is 11.3 Å². The van der Waals surface area contributed by atoms with Crippen molar-refractivity contribution in [1.29, 1.82) is 0 Å². The van der Waals surface area contributed by atoms with Crippen molar-refractivity contribution in [2.75, 3.05) is 5.32 Å². The van der Waals surface area contributed by atoms with Crippen LogP contribution in [0.2, 0.25) is 0 Å². The minimum atomic E-state index is 0.597. The van der Waals surface area contributed by atoms with E-state index in [2.05, 4.69) is 34.9 Å². The van der Waals surface area contributed by atoms with Gasteiger partial charge in [0.1, 0.15) is 10.3 Å². The van der Waals surface area contributed by atoms with Gasteiger partial charge < -0.3 is 10.6 Å². The Kier molecular flexibility index (Phi) is 4.35. The smallest absolute Gasteiger partial charge is 0.171 e.